The molecule has 1 N–H and O–H groups in total. The fraction of sp³-hybridized carbons (Fsp3) is 0.432. The number of ether oxygens (including phenoxy) is 2. The molecule has 0 atom stereocenters. The van der Waals surface area contributed by atoms with Gasteiger partial charge in [0.1, 0.15) is 10.2 Å². The number of carbonyl (C=O) groups excluding carboxylic acids is 4. The van der Waals surface area contributed by atoms with Gasteiger partial charge in [0.05, 0.1) is 42.2 Å². The maximum Gasteiger partial charge on any atom is 0.339 e. The number of pyridine rings is 2. The molecule has 4 aliphatic carbocycles. The number of aromatic nitrogens is 2. The van der Waals surface area contributed by atoms with E-state index in [2.05, 4.69) is 51.6 Å². The Labute approximate surface area is 299 Å². The molecule has 50 heavy (non-hydrogen) atoms. The first-order chi connectivity index (χ1) is 23.8. The second-order valence-corrected chi connectivity index (χ2v) is 13.7. The Morgan fingerprint density at radius 3 is 1.82 bits per heavy atom. The number of aliphatic imine (C=N–C) groups is 2. The maximum atomic E-state index is 11.3. The van der Waals surface area contributed by atoms with Crippen molar-refractivity contribution in [3.63, 3.8) is 0 Å². The third-order valence-electron chi connectivity index (χ3n) is 9.32. The van der Waals surface area contributed by atoms with Crippen LogP contribution in [0.4, 0.5) is 0 Å². The molecule has 12 nitrogen and oxygen atoms in total. The van der Waals surface area contributed by atoms with Crippen molar-refractivity contribution in [2.24, 2.45) is 33.2 Å². The summed E-state index contributed by atoms with van der Waals surface area (Å²) in [7, 11) is 2.67. The molecule has 262 valence electrons. The van der Waals surface area contributed by atoms with Crippen LogP contribution in [0.2, 0.25) is 0 Å². The van der Waals surface area contributed by atoms with E-state index < -0.39 is 5.97 Å². The van der Waals surface area contributed by atoms with E-state index in [0.29, 0.717) is 45.6 Å². The number of nitrogens with zero attached hydrogens (tertiary/aromatic N) is 4. The van der Waals surface area contributed by atoms with Crippen molar-refractivity contribution in [2.45, 2.75) is 65.2 Å². The summed E-state index contributed by atoms with van der Waals surface area (Å²) in [6.45, 7) is 3.02. The van der Waals surface area contributed by atoms with Gasteiger partial charge in [-0.1, -0.05) is 0 Å². The van der Waals surface area contributed by atoms with Crippen molar-refractivity contribution < 1.29 is 38.6 Å². The lowest BCUT2D eigenvalue weighted by molar-refractivity contribution is -0.164. The van der Waals surface area contributed by atoms with Gasteiger partial charge in [0.25, 0.3) is 0 Å². The normalized spacial score (nSPS) is 23.1. The van der Waals surface area contributed by atoms with Crippen LogP contribution >= 0.6 is 15.9 Å². The van der Waals surface area contributed by atoms with Gasteiger partial charge in [-0.05, 0) is 108 Å². The zero-order chi connectivity index (χ0) is 36.4. The fourth-order valence-corrected chi connectivity index (χ4v) is 7.35. The second kappa shape index (κ2) is 17.3. The number of hydrogen-bond donors (Lipinski definition) is 1. The van der Waals surface area contributed by atoms with E-state index in [9.17, 15) is 29.1 Å². The summed E-state index contributed by atoms with van der Waals surface area (Å²) >= 11 is 3.15. The molecule has 8 rings (SSSR count). The van der Waals surface area contributed by atoms with E-state index in [-0.39, 0.29) is 28.9 Å². The van der Waals surface area contributed by atoms with Gasteiger partial charge in [0, 0.05) is 37.5 Å². The van der Waals surface area contributed by atoms with Crippen LogP contribution in [0.5, 0.6) is 0 Å². The number of methoxy groups -OCH3 is 2. The smallest absolute Gasteiger partial charge is 0.339 e. The number of Topliss-reactive ketones (excluding diaryl/α,β-unsaturated/α-hetero) is 2. The topological polar surface area (TPSA) is 175 Å². The summed E-state index contributed by atoms with van der Waals surface area (Å²) in [5.41, 5.74) is 3.35. The van der Waals surface area contributed by atoms with E-state index >= 15 is 0 Å². The average Bonchev–Trinajstić information content (AvgIpc) is 3.82. The van der Waals surface area contributed by atoms with Crippen LogP contribution in [-0.2, 0) is 23.9 Å². The van der Waals surface area contributed by atoms with Gasteiger partial charge in [0.2, 0.25) is 0 Å². The Balaban J connectivity index is 0.000000156. The predicted molar refractivity (Wildman–Crippen MR) is 188 cm³/mol. The highest BCUT2D eigenvalue weighted by Crippen LogP contribution is 2.60. The van der Waals surface area contributed by atoms with Gasteiger partial charge in [-0.15, -0.1) is 0 Å². The molecule has 4 fully saturated rings. The number of halogens is 1. The zero-order valence-corrected chi connectivity index (χ0v) is 30.1. The monoisotopic (exact) mass is 747 g/mol. The number of aliphatic carboxylic acids is 1. The van der Waals surface area contributed by atoms with E-state index in [0.717, 1.165) is 42.6 Å². The van der Waals surface area contributed by atoms with Crippen molar-refractivity contribution in [2.75, 3.05) is 14.2 Å². The Kier molecular flexibility index (Phi) is 13.1. The van der Waals surface area contributed by atoms with E-state index in [1.54, 1.807) is 30.5 Å². The standard InChI is InChI=1S/C13H12N2O3.C11H16O2.C7H6BrNO2.C6H6NO/c1-8(16)9-3-4-11(14-6-9)12-5-10(7-15-12)13(17)18-2;12-10(13)11-4-7-1-8(5-11)3-9(2-7)6-11;1-11-7(10)5-2-3-6(8)9-4-5;1-5(8)6-2-3-7-4-6/h3-4,6-7H,5H2,1-2H3;7-9H,1-6H2,(H,12,13);2-4H,1H3;4H,2H2,1H3/q;;;+1. The van der Waals surface area contributed by atoms with Crippen LogP contribution in [-0.4, -0.2) is 70.7 Å². The van der Waals surface area contributed by atoms with E-state index in [1.165, 1.54) is 65.9 Å². The molecule has 2 aliphatic heterocycles. The highest BCUT2D eigenvalue weighted by molar-refractivity contribution is 9.10. The number of esters is 2. The summed E-state index contributed by atoms with van der Waals surface area (Å²) in [5, 5.41) is 9.28. The molecule has 0 radical (unpaired) electrons. The molecule has 6 aliphatic rings. The molecule has 0 aromatic carbocycles. The molecule has 4 heterocycles. The second-order valence-electron chi connectivity index (χ2n) is 12.9. The zero-order valence-electron chi connectivity index (χ0n) is 28.5. The summed E-state index contributed by atoms with van der Waals surface area (Å²) in [6, 6.07) is 6.75. The van der Waals surface area contributed by atoms with Gasteiger partial charge in [-0.3, -0.25) is 24.4 Å². The third-order valence-corrected chi connectivity index (χ3v) is 9.79. The Morgan fingerprint density at radius 2 is 1.40 bits per heavy atom. The summed E-state index contributed by atoms with van der Waals surface area (Å²) in [5.74, 6) is 1.06. The van der Waals surface area contributed by atoms with Crippen molar-refractivity contribution in [1.82, 2.24) is 9.97 Å². The van der Waals surface area contributed by atoms with Gasteiger partial charge >= 0.3 is 17.9 Å². The maximum absolute atomic E-state index is 11.3. The van der Waals surface area contributed by atoms with Gasteiger partial charge in [-0.2, -0.15) is 0 Å². The van der Waals surface area contributed by atoms with Crippen molar-refractivity contribution in [1.29, 1.82) is 0 Å². The molecule has 0 amide bonds. The third kappa shape index (κ3) is 9.92. The molecular formula is C37H40BrN4O8+. The highest BCUT2D eigenvalue weighted by Gasteiger charge is 2.54. The molecule has 0 spiro atoms. The average molecular weight is 749 g/mol. The van der Waals surface area contributed by atoms with Crippen LogP contribution in [0.1, 0.15) is 91.6 Å². The Morgan fingerprint density at radius 1 is 0.800 bits per heavy atom. The largest absolute Gasteiger partial charge is 0.481 e. The minimum absolute atomic E-state index is 0.0317. The summed E-state index contributed by atoms with van der Waals surface area (Å²) < 4.78 is 9.80. The van der Waals surface area contributed by atoms with E-state index in [1.807, 2.05) is 0 Å². The minimum atomic E-state index is -0.508. The molecule has 2 aromatic heterocycles. The number of carboxylic acids is 1. The van der Waals surface area contributed by atoms with Crippen LogP contribution in [0.3, 0.4) is 0 Å². The minimum Gasteiger partial charge on any atom is -0.481 e. The summed E-state index contributed by atoms with van der Waals surface area (Å²) in [6.07, 6.45) is 16.6. The number of allylic oxidation sites excluding steroid dienone is 1. The quantitative estimate of drug-likeness (QED) is 0.154. The van der Waals surface area contributed by atoms with Crippen LogP contribution in [0, 0.1) is 23.2 Å². The highest BCUT2D eigenvalue weighted by atomic mass is 79.9. The first kappa shape index (κ1) is 38.1. The number of ketones is 2. The SMILES string of the molecule is CC(=O)C1=CN=[C+]C1.COC(=O)C1=CN=C(c2ccc(C(C)=O)cn2)C1.COC(=O)c1ccc(Br)nc1.O=C(O)C12CC3CC(CC(C3)C1)C2. The van der Waals surface area contributed by atoms with Gasteiger partial charge < -0.3 is 14.6 Å². The first-order valence-electron chi connectivity index (χ1n) is 16.2. The Hall–Kier alpha value is -4.74. The molecule has 13 heteroatoms. The predicted octanol–water partition coefficient (Wildman–Crippen LogP) is 6.26. The molecular weight excluding hydrogens is 708 g/mol. The van der Waals surface area contributed by atoms with Crippen molar-refractivity contribution in [3.05, 3.63) is 81.6 Å². The Bertz CT molecular complexity index is 1690. The fourth-order valence-electron chi connectivity index (χ4n) is 7.12. The van der Waals surface area contributed by atoms with Gasteiger partial charge in [-0.25, -0.2) is 14.6 Å². The number of hydrogen-bond acceptors (Lipinski definition) is 11. The summed E-state index contributed by atoms with van der Waals surface area (Å²) in [4.78, 5) is 70.8. The molecule has 4 saturated carbocycles. The number of carbonyl (C=O) groups is 5. The van der Waals surface area contributed by atoms with Crippen LogP contribution in [0.25, 0.3) is 0 Å². The lowest BCUT2D eigenvalue weighted by atomic mass is 9.49. The molecule has 0 unspecified atom stereocenters. The lowest BCUT2D eigenvalue weighted by Gasteiger charge is -2.54. The molecule has 4 bridgehead atoms. The van der Waals surface area contributed by atoms with E-state index in [4.69, 9.17) is 0 Å². The van der Waals surface area contributed by atoms with Crippen molar-refractivity contribution in [3.8, 4) is 0 Å². The van der Waals surface area contributed by atoms with Crippen LogP contribution < -0.4 is 0 Å². The first-order valence-corrected chi connectivity index (χ1v) is 17.0. The van der Waals surface area contributed by atoms with Gasteiger partial charge in [0.15, 0.2) is 30.4 Å². The molecule has 0 saturated heterocycles. The number of carboxylic acid groups (broad SMARTS) is 1. The lowest BCUT2D eigenvalue weighted by Crippen LogP contribution is -2.49. The number of rotatable bonds is 6. The molecule has 2 aromatic rings. The van der Waals surface area contributed by atoms with Crippen LogP contribution in [0.15, 0.2) is 74.8 Å². The van der Waals surface area contributed by atoms with Crippen molar-refractivity contribution >= 4 is 57.3 Å².